The first kappa shape index (κ1) is 14.7. The van der Waals surface area contributed by atoms with E-state index in [0.717, 1.165) is 25.7 Å². The van der Waals surface area contributed by atoms with E-state index in [9.17, 15) is 4.79 Å². The number of rotatable bonds is 10. The molecule has 0 saturated heterocycles. The first-order valence-corrected chi connectivity index (χ1v) is 6.01. The number of unbranched alkanes of at least 4 members (excludes halogenated alkanes) is 6. The van der Waals surface area contributed by atoms with E-state index in [0.29, 0.717) is 12.8 Å². The molecule has 0 spiro atoms. The molecule has 16 heavy (non-hydrogen) atoms. The maximum atomic E-state index is 10.2. The van der Waals surface area contributed by atoms with Crippen molar-refractivity contribution in [1.29, 1.82) is 5.26 Å². The number of allylic oxidation sites excluding steroid dienone is 2. The van der Waals surface area contributed by atoms with Crippen LogP contribution in [0.1, 0.15) is 57.8 Å². The first-order chi connectivity index (χ1) is 7.77. The molecular formula is C13H21NO2. The topological polar surface area (TPSA) is 61.1 Å². The van der Waals surface area contributed by atoms with Crippen LogP contribution in [-0.2, 0) is 4.79 Å². The first-order valence-electron chi connectivity index (χ1n) is 6.01. The van der Waals surface area contributed by atoms with E-state index in [4.69, 9.17) is 10.4 Å². The smallest absolute Gasteiger partial charge is 0.303 e. The molecule has 0 rings (SSSR count). The summed E-state index contributed by atoms with van der Waals surface area (Å²) in [6, 6.07) is 2.07. The molecule has 0 amide bonds. The highest BCUT2D eigenvalue weighted by Gasteiger charge is 1.95. The Morgan fingerprint density at radius 3 is 2.31 bits per heavy atom. The van der Waals surface area contributed by atoms with Crippen molar-refractivity contribution in [1.82, 2.24) is 0 Å². The Bertz CT molecular complexity index is 241. The minimum absolute atomic E-state index is 0.302. The molecule has 0 unspecified atom stereocenters. The van der Waals surface area contributed by atoms with Crippen molar-refractivity contribution in [3.05, 3.63) is 12.2 Å². The van der Waals surface area contributed by atoms with Crippen LogP contribution in [0.15, 0.2) is 12.2 Å². The van der Waals surface area contributed by atoms with Crippen molar-refractivity contribution >= 4 is 5.97 Å². The maximum Gasteiger partial charge on any atom is 0.303 e. The second kappa shape index (κ2) is 11.8. The van der Waals surface area contributed by atoms with Gasteiger partial charge in [0.15, 0.2) is 0 Å². The lowest BCUT2D eigenvalue weighted by molar-refractivity contribution is -0.137. The minimum atomic E-state index is -0.692. The van der Waals surface area contributed by atoms with Gasteiger partial charge in [-0.05, 0) is 19.3 Å². The number of hydrogen-bond donors (Lipinski definition) is 1. The monoisotopic (exact) mass is 223 g/mol. The molecule has 0 heterocycles. The Hall–Kier alpha value is -1.30. The van der Waals surface area contributed by atoms with Crippen molar-refractivity contribution < 1.29 is 9.90 Å². The van der Waals surface area contributed by atoms with Gasteiger partial charge in [-0.15, -0.1) is 0 Å². The standard InChI is InChI=1S/C13H21NO2/c14-12-10-8-6-4-2-1-3-5-7-9-11-13(15)16/h6,8H,1-5,7,9-11H2,(H,15,16). The molecule has 0 bridgehead atoms. The number of carboxylic acids is 1. The predicted molar refractivity (Wildman–Crippen MR) is 63.9 cm³/mol. The third-order valence-corrected chi connectivity index (χ3v) is 2.39. The fraction of sp³-hybridized carbons (Fsp3) is 0.692. The molecular weight excluding hydrogens is 202 g/mol. The van der Waals surface area contributed by atoms with Crippen LogP contribution in [0.2, 0.25) is 0 Å². The van der Waals surface area contributed by atoms with E-state index >= 15 is 0 Å². The Balaban J connectivity index is 3.04. The van der Waals surface area contributed by atoms with Crippen molar-refractivity contribution in [3.63, 3.8) is 0 Å². The molecule has 0 saturated carbocycles. The van der Waals surface area contributed by atoms with E-state index in [1.807, 2.05) is 6.08 Å². The summed E-state index contributed by atoms with van der Waals surface area (Å²) in [5, 5.41) is 16.7. The summed E-state index contributed by atoms with van der Waals surface area (Å²) in [6.07, 6.45) is 12.4. The Labute approximate surface area is 97.8 Å². The van der Waals surface area contributed by atoms with Gasteiger partial charge in [0.25, 0.3) is 0 Å². The van der Waals surface area contributed by atoms with Crippen molar-refractivity contribution in [2.24, 2.45) is 0 Å². The molecule has 0 radical (unpaired) electrons. The second-order valence-corrected chi connectivity index (χ2v) is 3.89. The van der Waals surface area contributed by atoms with Crippen molar-refractivity contribution in [2.75, 3.05) is 0 Å². The SMILES string of the molecule is N#CCC=CCCCCCCCCC(=O)O. The largest absolute Gasteiger partial charge is 0.481 e. The summed E-state index contributed by atoms with van der Waals surface area (Å²) in [4.78, 5) is 10.2. The highest BCUT2D eigenvalue weighted by molar-refractivity contribution is 5.66. The van der Waals surface area contributed by atoms with E-state index in [1.54, 1.807) is 0 Å². The molecule has 0 fully saturated rings. The van der Waals surface area contributed by atoms with Crippen LogP contribution in [0.25, 0.3) is 0 Å². The summed E-state index contributed by atoms with van der Waals surface area (Å²) in [7, 11) is 0. The molecule has 0 atom stereocenters. The van der Waals surface area contributed by atoms with Gasteiger partial charge >= 0.3 is 5.97 Å². The Morgan fingerprint density at radius 1 is 1.06 bits per heavy atom. The number of nitrogens with zero attached hydrogens (tertiary/aromatic N) is 1. The van der Waals surface area contributed by atoms with Crippen LogP contribution in [-0.4, -0.2) is 11.1 Å². The average molecular weight is 223 g/mol. The lowest BCUT2D eigenvalue weighted by Crippen LogP contribution is -1.93. The molecule has 3 nitrogen and oxygen atoms in total. The highest BCUT2D eigenvalue weighted by Crippen LogP contribution is 2.08. The van der Waals surface area contributed by atoms with Crippen molar-refractivity contribution in [3.8, 4) is 6.07 Å². The number of carbonyl (C=O) groups is 1. The number of aliphatic carboxylic acids is 1. The third-order valence-electron chi connectivity index (χ3n) is 2.39. The number of carboxylic acid groups (broad SMARTS) is 1. The van der Waals surface area contributed by atoms with Gasteiger partial charge < -0.3 is 5.11 Å². The van der Waals surface area contributed by atoms with Crippen LogP contribution in [0.4, 0.5) is 0 Å². The lowest BCUT2D eigenvalue weighted by Gasteiger charge is -1.99. The minimum Gasteiger partial charge on any atom is -0.481 e. The summed E-state index contributed by atoms with van der Waals surface area (Å²) in [6.45, 7) is 0. The van der Waals surface area contributed by atoms with Crippen LogP contribution in [0, 0.1) is 11.3 Å². The molecule has 0 aliphatic heterocycles. The lowest BCUT2D eigenvalue weighted by atomic mass is 10.1. The van der Waals surface area contributed by atoms with Gasteiger partial charge in [0, 0.05) is 6.42 Å². The van der Waals surface area contributed by atoms with Gasteiger partial charge in [0.2, 0.25) is 0 Å². The molecule has 90 valence electrons. The zero-order valence-electron chi connectivity index (χ0n) is 9.82. The molecule has 0 aliphatic rings. The van der Waals surface area contributed by atoms with Gasteiger partial charge in [0.1, 0.15) is 0 Å². The molecule has 0 aliphatic carbocycles. The maximum absolute atomic E-state index is 10.2. The quantitative estimate of drug-likeness (QED) is 0.454. The van der Waals surface area contributed by atoms with Crippen LogP contribution < -0.4 is 0 Å². The summed E-state index contributed by atoms with van der Waals surface area (Å²) < 4.78 is 0. The van der Waals surface area contributed by atoms with Crippen LogP contribution >= 0.6 is 0 Å². The normalized spacial score (nSPS) is 10.4. The summed E-state index contributed by atoms with van der Waals surface area (Å²) in [5.74, 6) is -0.692. The zero-order chi connectivity index (χ0) is 12.1. The van der Waals surface area contributed by atoms with Gasteiger partial charge in [-0.1, -0.05) is 37.8 Å². The molecule has 3 heteroatoms. The zero-order valence-corrected chi connectivity index (χ0v) is 9.82. The molecule has 1 N–H and O–H groups in total. The predicted octanol–water partition coefficient (Wildman–Crippen LogP) is 3.66. The van der Waals surface area contributed by atoms with E-state index < -0.39 is 5.97 Å². The number of nitriles is 1. The number of hydrogen-bond acceptors (Lipinski definition) is 2. The van der Waals surface area contributed by atoms with E-state index in [1.165, 1.54) is 19.3 Å². The Morgan fingerprint density at radius 2 is 1.69 bits per heavy atom. The fourth-order valence-electron chi connectivity index (χ4n) is 1.50. The second-order valence-electron chi connectivity index (χ2n) is 3.89. The van der Waals surface area contributed by atoms with Gasteiger partial charge in [-0.3, -0.25) is 4.79 Å². The third kappa shape index (κ3) is 12.7. The Kier molecular flexibility index (Phi) is 10.8. The van der Waals surface area contributed by atoms with Gasteiger partial charge in [0.05, 0.1) is 12.5 Å². The highest BCUT2D eigenvalue weighted by atomic mass is 16.4. The van der Waals surface area contributed by atoms with Gasteiger partial charge in [-0.25, -0.2) is 0 Å². The van der Waals surface area contributed by atoms with Gasteiger partial charge in [-0.2, -0.15) is 5.26 Å². The molecule has 0 aromatic rings. The van der Waals surface area contributed by atoms with E-state index in [2.05, 4.69) is 12.1 Å². The fourth-order valence-corrected chi connectivity index (χ4v) is 1.50. The average Bonchev–Trinajstić information content (AvgIpc) is 2.25. The molecule has 0 aromatic heterocycles. The van der Waals surface area contributed by atoms with Crippen LogP contribution in [0.5, 0.6) is 0 Å². The van der Waals surface area contributed by atoms with Crippen molar-refractivity contribution in [2.45, 2.75) is 57.8 Å². The summed E-state index contributed by atoms with van der Waals surface area (Å²) >= 11 is 0. The van der Waals surface area contributed by atoms with E-state index in [-0.39, 0.29) is 0 Å². The summed E-state index contributed by atoms with van der Waals surface area (Å²) in [5.41, 5.74) is 0. The van der Waals surface area contributed by atoms with Crippen LogP contribution in [0.3, 0.4) is 0 Å². The molecule has 0 aromatic carbocycles.